The fourth-order valence-corrected chi connectivity index (χ4v) is 2.29. The Bertz CT molecular complexity index is 615. The molecule has 0 bridgehead atoms. The Morgan fingerprint density at radius 1 is 1.05 bits per heavy atom. The average Bonchev–Trinajstić information content (AvgIpc) is 2.45. The van der Waals surface area contributed by atoms with Gasteiger partial charge in [-0.3, -0.25) is 4.79 Å². The zero-order chi connectivity index (χ0) is 15.1. The minimum Gasteiger partial charge on any atom is -0.356 e. The highest BCUT2D eigenvalue weighted by molar-refractivity contribution is 6.30. The van der Waals surface area contributed by atoms with Crippen LogP contribution in [0.2, 0.25) is 5.02 Å². The van der Waals surface area contributed by atoms with Gasteiger partial charge in [-0.05, 0) is 48.2 Å². The molecule has 2 aromatic carbocycles. The van der Waals surface area contributed by atoms with Crippen molar-refractivity contribution in [2.45, 2.75) is 19.3 Å². The summed E-state index contributed by atoms with van der Waals surface area (Å²) in [5, 5.41) is 3.52. The monoisotopic (exact) mass is 305 g/mol. The number of carbonyl (C=O) groups excluding carboxylic acids is 1. The molecule has 0 atom stereocenters. The number of hydrogen-bond acceptors (Lipinski definition) is 1. The van der Waals surface area contributed by atoms with E-state index >= 15 is 0 Å². The SMILES string of the molecule is O=C(CCc1cccc(Cl)c1)NCCc1cccc(F)c1. The van der Waals surface area contributed by atoms with Crippen molar-refractivity contribution in [3.63, 3.8) is 0 Å². The van der Waals surface area contributed by atoms with Crippen molar-refractivity contribution in [1.82, 2.24) is 5.32 Å². The lowest BCUT2D eigenvalue weighted by Gasteiger charge is -2.06. The van der Waals surface area contributed by atoms with E-state index in [0.717, 1.165) is 11.1 Å². The number of amides is 1. The highest BCUT2D eigenvalue weighted by Crippen LogP contribution is 2.12. The quantitative estimate of drug-likeness (QED) is 0.865. The molecular formula is C17H17ClFNO. The first-order valence-corrected chi connectivity index (χ1v) is 7.27. The maximum atomic E-state index is 13.0. The molecule has 2 nitrogen and oxygen atoms in total. The standard InChI is InChI=1S/C17H17ClFNO/c18-15-5-1-3-13(11-15)7-8-17(21)20-10-9-14-4-2-6-16(19)12-14/h1-6,11-12H,7-10H2,(H,20,21). The normalized spacial score (nSPS) is 10.4. The molecule has 0 heterocycles. The van der Waals surface area contributed by atoms with Crippen LogP contribution in [0.15, 0.2) is 48.5 Å². The van der Waals surface area contributed by atoms with Crippen LogP contribution in [0, 0.1) is 5.82 Å². The van der Waals surface area contributed by atoms with E-state index in [9.17, 15) is 9.18 Å². The molecule has 0 aliphatic carbocycles. The lowest BCUT2D eigenvalue weighted by atomic mass is 10.1. The third-order valence-corrected chi connectivity index (χ3v) is 3.39. The Morgan fingerprint density at radius 3 is 2.48 bits per heavy atom. The zero-order valence-electron chi connectivity index (χ0n) is 11.6. The van der Waals surface area contributed by atoms with Crippen LogP contribution in [0.3, 0.4) is 0 Å². The van der Waals surface area contributed by atoms with E-state index in [2.05, 4.69) is 5.32 Å². The fraction of sp³-hybridized carbons (Fsp3) is 0.235. The van der Waals surface area contributed by atoms with Crippen molar-refractivity contribution in [1.29, 1.82) is 0 Å². The van der Waals surface area contributed by atoms with Crippen molar-refractivity contribution in [2.24, 2.45) is 0 Å². The largest absolute Gasteiger partial charge is 0.356 e. The number of carbonyl (C=O) groups is 1. The molecule has 0 aromatic heterocycles. The van der Waals surface area contributed by atoms with Crippen molar-refractivity contribution >= 4 is 17.5 Å². The molecule has 0 saturated heterocycles. The first kappa shape index (κ1) is 15.5. The fourth-order valence-electron chi connectivity index (χ4n) is 2.08. The minimum atomic E-state index is -0.250. The van der Waals surface area contributed by atoms with Gasteiger partial charge in [0.25, 0.3) is 0 Å². The van der Waals surface area contributed by atoms with E-state index in [1.807, 2.05) is 30.3 Å². The Balaban J connectivity index is 1.70. The van der Waals surface area contributed by atoms with E-state index in [1.165, 1.54) is 12.1 Å². The zero-order valence-corrected chi connectivity index (χ0v) is 12.4. The Kier molecular flexibility index (Phi) is 5.76. The summed E-state index contributed by atoms with van der Waals surface area (Å²) in [4.78, 5) is 11.7. The smallest absolute Gasteiger partial charge is 0.220 e. The summed E-state index contributed by atoms with van der Waals surface area (Å²) in [5.41, 5.74) is 1.92. The van der Waals surface area contributed by atoms with E-state index in [1.54, 1.807) is 6.07 Å². The molecule has 4 heteroatoms. The van der Waals surface area contributed by atoms with Crippen molar-refractivity contribution in [3.8, 4) is 0 Å². The highest BCUT2D eigenvalue weighted by atomic mass is 35.5. The van der Waals surface area contributed by atoms with Gasteiger partial charge in [-0.15, -0.1) is 0 Å². The van der Waals surface area contributed by atoms with Gasteiger partial charge in [-0.25, -0.2) is 4.39 Å². The molecule has 0 unspecified atom stereocenters. The second kappa shape index (κ2) is 7.79. The predicted octanol–water partition coefficient (Wildman–Crippen LogP) is 3.77. The third-order valence-electron chi connectivity index (χ3n) is 3.15. The molecule has 21 heavy (non-hydrogen) atoms. The van der Waals surface area contributed by atoms with Crippen LogP contribution in [-0.2, 0) is 17.6 Å². The van der Waals surface area contributed by atoms with E-state index in [0.29, 0.717) is 30.8 Å². The van der Waals surface area contributed by atoms with Gasteiger partial charge < -0.3 is 5.32 Å². The van der Waals surface area contributed by atoms with Gasteiger partial charge in [0.05, 0.1) is 0 Å². The van der Waals surface area contributed by atoms with Crippen LogP contribution < -0.4 is 5.32 Å². The van der Waals surface area contributed by atoms with Gasteiger partial charge in [0.15, 0.2) is 0 Å². The topological polar surface area (TPSA) is 29.1 Å². The van der Waals surface area contributed by atoms with Crippen LogP contribution in [-0.4, -0.2) is 12.5 Å². The number of halogens is 2. The van der Waals surface area contributed by atoms with Gasteiger partial charge in [0.1, 0.15) is 5.82 Å². The molecule has 0 aliphatic rings. The number of rotatable bonds is 6. The second-order valence-electron chi connectivity index (χ2n) is 4.86. The summed E-state index contributed by atoms with van der Waals surface area (Å²) in [6, 6.07) is 13.9. The summed E-state index contributed by atoms with van der Waals surface area (Å²) < 4.78 is 13.0. The Morgan fingerprint density at radius 2 is 1.76 bits per heavy atom. The van der Waals surface area contributed by atoms with Gasteiger partial charge in [0.2, 0.25) is 5.91 Å². The van der Waals surface area contributed by atoms with E-state index in [4.69, 9.17) is 11.6 Å². The predicted molar refractivity (Wildman–Crippen MR) is 82.9 cm³/mol. The summed E-state index contributed by atoms with van der Waals surface area (Å²) in [5.74, 6) is -0.258. The van der Waals surface area contributed by atoms with Crippen LogP contribution >= 0.6 is 11.6 Å². The van der Waals surface area contributed by atoms with Crippen LogP contribution in [0.25, 0.3) is 0 Å². The number of nitrogens with one attached hydrogen (secondary N) is 1. The van der Waals surface area contributed by atoms with Gasteiger partial charge in [0, 0.05) is 18.0 Å². The van der Waals surface area contributed by atoms with Crippen molar-refractivity contribution in [3.05, 3.63) is 70.5 Å². The summed E-state index contributed by atoms with van der Waals surface area (Å²) in [6.07, 6.45) is 1.70. The highest BCUT2D eigenvalue weighted by Gasteiger charge is 2.03. The van der Waals surface area contributed by atoms with Crippen molar-refractivity contribution in [2.75, 3.05) is 6.54 Å². The lowest BCUT2D eigenvalue weighted by Crippen LogP contribution is -2.25. The maximum absolute atomic E-state index is 13.0. The molecule has 0 fully saturated rings. The number of benzene rings is 2. The van der Waals surface area contributed by atoms with Crippen molar-refractivity contribution < 1.29 is 9.18 Å². The molecule has 2 aromatic rings. The molecule has 0 aliphatic heterocycles. The molecular weight excluding hydrogens is 289 g/mol. The van der Waals surface area contributed by atoms with Gasteiger partial charge >= 0.3 is 0 Å². The number of aryl methyl sites for hydroxylation is 1. The first-order valence-electron chi connectivity index (χ1n) is 6.89. The molecule has 110 valence electrons. The molecule has 1 amide bonds. The molecule has 0 radical (unpaired) electrons. The summed E-state index contributed by atoms with van der Waals surface area (Å²) >= 11 is 5.89. The summed E-state index contributed by atoms with van der Waals surface area (Å²) in [6.45, 7) is 0.512. The third kappa shape index (κ3) is 5.56. The van der Waals surface area contributed by atoms with Gasteiger partial charge in [-0.2, -0.15) is 0 Å². The molecule has 2 rings (SSSR count). The first-order chi connectivity index (χ1) is 10.1. The van der Waals surface area contributed by atoms with E-state index in [-0.39, 0.29) is 11.7 Å². The average molecular weight is 306 g/mol. The van der Waals surface area contributed by atoms with Crippen LogP contribution in [0.1, 0.15) is 17.5 Å². The lowest BCUT2D eigenvalue weighted by molar-refractivity contribution is -0.121. The van der Waals surface area contributed by atoms with Crippen LogP contribution in [0.4, 0.5) is 4.39 Å². The summed E-state index contributed by atoms with van der Waals surface area (Å²) in [7, 11) is 0. The van der Waals surface area contributed by atoms with E-state index < -0.39 is 0 Å². The van der Waals surface area contributed by atoms with Gasteiger partial charge in [-0.1, -0.05) is 35.9 Å². The Labute approximate surface area is 128 Å². The second-order valence-corrected chi connectivity index (χ2v) is 5.30. The Hall–Kier alpha value is -1.87. The molecule has 0 spiro atoms. The maximum Gasteiger partial charge on any atom is 0.220 e. The number of hydrogen-bond donors (Lipinski definition) is 1. The van der Waals surface area contributed by atoms with Crippen LogP contribution in [0.5, 0.6) is 0 Å². The molecule has 1 N–H and O–H groups in total. The minimum absolute atomic E-state index is 0.00798. The molecule has 0 saturated carbocycles.